The fourth-order valence-electron chi connectivity index (χ4n) is 4.90. The lowest BCUT2D eigenvalue weighted by molar-refractivity contribution is -0.131. The minimum atomic E-state index is 0.135. The summed E-state index contributed by atoms with van der Waals surface area (Å²) < 4.78 is 5.51. The molecule has 8 heteroatoms. The van der Waals surface area contributed by atoms with Gasteiger partial charge in [-0.05, 0) is 53.9 Å². The lowest BCUT2D eigenvalue weighted by atomic mass is 10.0. The van der Waals surface area contributed by atoms with Crippen molar-refractivity contribution in [1.82, 2.24) is 9.88 Å². The number of fused-ring (bicyclic) bond motifs is 1. The summed E-state index contributed by atoms with van der Waals surface area (Å²) in [6.07, 6.45) is 0.950. The molecule has 5 rings (SSSR count). The highest BCUT2D eigenvalue weighted by Gasteiger charge is 2.24. The van der Waals surface area contributed by atoms with Crippen molar-refractivity contribution >= 4 is 57.3 Å². The molecular formula is C28H26Cl3N3O2. The maximum atomic E-state index is 13.2. The van der Waals surface area contributed by atoms with E-state index in [0.29, 0.717) is 41.0 Å². The largest absolute Gasteiger partial charge is 0.495 e. The number of hydrogen-bond acceptors (Lipinski definition) is 3. The Morgan fingerprint density at radius 3 is 2.39 bits per heavy atom. The molecule has 0 spiro atoms. The van der Waals surface area contributed by atoms with Crippen LogP contribution in [0.4, 0.5) is 5.69 Å². The van der Waals surface area contributed by atoms with Gasteiger partial charge in [0.2, 0.25) is 5.91 Å². The van der Waals surface area contributed by atoms with Gasteiger partial charge in [-0.15, -0.1) is 0 Å². The number of carbonyl (C=O) groups is 1. The predicted molar refractivity (Wildman–Crippen MR) is 149 cm³/mol. The summed E-state index contributed by atoms with van der Waals surface area (Å²) in [5.41, 5.74) is 4.84. The number of para-hydroxylation sites is 2. The molecule has 1 aliphatic heterocycles. The fourth-order valence-corrected chi connectivity index (χ4v) is 5.64. The molecule has 0 radical (unpaired) electrons. The highest BCUT2D eigenvalue weighted by molar-refractivity contribution is 6.39. The third-order valence-electron chi connectivity index (χ3n) is 6.70. The van der Waals surface area contributed by atoms with Crippen LogP contribution in [0.5, 0.6) is 5.75 Å². The van der Waals surface area contributed by atoms with Crippen LogP contribution in [0.3, 0.4) is 0 Å². The van der Waals surface area contributed by atoms with E-state index in [1.807, 2.05) is 53.4 Å². The van der Waals surface area contributed by atoms with Gasteiger partial charge in [-0.1, -0.05) is 59.1 Å². The fraction of sp³-hybridized carbons (Fsp3) is 0.250. The van der Waals surface area contributed by atoms with Crippen LogP contribution in [0.15, 0.2) is 60.7 Å². The van der Waals surface area contributed by atoms with E-state index >= 15 is 0 Å². The molecule has 0 aliphatic carbocycles. The number of aromatic nitrogens is 1. The quantitative estimate of drug-likeness (QED) is 0.283. The molecule has 1 aromatic heterocycles. The van der Waals surface area contributed by atoms with Gasteiger partial charge in [0.25, 0.3) is 0 Å². The number of hydrogen-bond donors (Lipinski definition) is 1. The number of nitrogens with zero attached hydrogens (tertiary/aromatic N) is 2. The van der Waals surface area contributed by atoms with Crippen LogP contribution >= 0.6 is 34.8 Å². The average Bonchev–Trinajstić information content (AvgIpc) is 3.26. The van der Waals surface area contributed by atoms with Gasteiger partial charge in [-0.3, -0.25) is 4.79 Å². The Hall–Kier alpha value is -2.86. The molecule has 2 heterocycles. The first-order valence-corrected chi connectivity index (χ1v) is 13.0. The van der Waals surface area contributed by atoms with Crippen molar-refractivity contribution in [3.8, 4) is 17.0 Å². The second-order valence-electron chi connectivity index (χ2n) is 8.84. The molecule has 186 valence electrons. The van der Waals surface area contributed by atoms with Gasteiger partial charge in [-0.2, -0.15) is 0 Å². The third kappa shape index (κ3) is 5.01. The Balaban J connectivity index is 1.33. The number of carbonyl (C=O) groups excluding carboxylic acids is 1. The number of H-pyrrole nitrogens is 1. The summed E-state index contributed by atoms with van der Waals surface area (Å²) in [6, 6.07) is 19.2. The third-order valence-corrected chi connectivity index (χ3v) is 7.47. The number of aromatic amines is 1. The Morgan fingerprint density at radius 2 is 1.67 bits per heavy atom. The topological polar surface area (TPSA) is 48.6 Å². The molecule has 0 unspecified atom stereocenters. The molecule has 1 amide bonds. The number of halogens is 3. The molecule has 0 bridgehead atoms. The van der Waals surface area contributed by atoms with E-state index in [1.165, 1.54) is 0 Å². The van der Waals surface area contributed by atoms with Crippen molar-refractivity contribution in [2.45, 2.75) is 12.8 Å². The highest BCUT2D eigenvalue weighted by atomic mass is 35.5. The van der Waals surface area contributed by atoms with E-state index in [-0.39, 0.29) is 5.91 Å². The van der Waals surface area contributed by atoms with E-state index in [1.54, 1.807) is 13.2 Å². The molecule has 1 saturated heterocycles. The Morgan fingerprint density at radius 1 is 0.944 bits per heavy atom. The zero-order valence-corrected chi connectivity index (χ0v) is 22.1. The Kier molecular flexibility index (Phi) is 7.33. The molecular weight excluding hydrogens is 517 g/mol. The molecule has 0 atom stereocenters. The zero-order valence-electron chi connectivity index (χ0n) is 19.9. The number of nitrogens with one attached hydrogen (secondary N) is 1. The molecule has 1 fully saturated rings. The normalized spacial score (nSPS) is 13.9. The van der Waals surface area contributed by atoms with Crippen molar-refractivity contribution in [3.05, 3.63) is 81.3 Å². The summed E-state index contributed by atoms with van der Waals surface area (Å²) in [4.78, 5) is 20.9. The second kappa shape index (κ2) is 10.6. The number of piperazine rings is 1. The number of aryl methyl sites for hydroxylation is 1. The van der Waals surface area contributed by atoms with E-state index in [4.69, 9.17) is 39.5 Å². The van der Waals surface area contributed by atoms with E-state index in [0.717, 1.165) is 52.3 Å². The zero-order chi connectivity index (χ0) is 25.2. The number of anilines is 1. The monoisotopic (exact) mass is 541 g/mol. The SMILES string of the molecule is COc1ccccc1N1CCN(C(=O)CCc2c(-c3ccc(Cl)cc3)[nH]c3cc(Cl)cc(Cl)c23)CC1. The van der Waals surface area contributed by atoms with E-state index in [9.17, 15) is 4.79 Å². The molecule has 36 heavy (non-hydrogen) atoms. The maximum absolute atomic E-state index is 13.2. The summed E-state index contributed by atoms with van der Waals surface area (Å²) in [5.74, 6) is 0.986. The predicted octanol–water partition coefficient (Wildman–Crippen LogP) is 7.09. The summed E-state index contributed by atoms with van der Waals surface area (Å²) in [6.45, 7) is 2.87. The molecule has 0 saturated carbocycles. The highest BCUT2D eigenvalue weighted by Crippen LogP contribution is 2.38. The first-order valence-electron chi connectivity index (χ1n) is 11.9. The van der Waals surface area contributed by atoms with Gasteiger partial charge in [0.05, 0.1) is 17.8 Å². The van der Waals surface area contributed by atoms with Crippen molar-refractivity contribution in [3.63, 3.8) is 0 Å². The molecule has 1 aliphatic rings. The van der Waals surface area contributed by atoms with E-state index in [2.05, 4.69) is 16.0 Å². The van der Waals surface area contributed by atoms with Crippen LogP contribution in [0.25, 0.3) is 22.2 Å². The van der Waals surface area contributed by atoms with Crippen LogP contribution in [0, 0.1) is 0 Å². The summed E-state index contributed by atoms with van der Waals surface area (Å²) in [7, 11) is 1.68. The van der Waals surface area contributed by atoms with Crippen LogP contribution in [0.1, 0.15) is 12.0 Å². The van der Waals surface area contributed by atoms with Gasteiger partial charge in [0.1, 0.15) is 5.75 Å². The van der Waals surface area contributed by atoms with Crippen LogP contribution < -0.4 is 9.64 Å². The van der Waals surface area contributed by atoms with Crippen LogP contribution in [-0.2, 0) is 11.2 Å². The molecule has 4 aromatic rings. The van der Waals surface area contributed by atoms with Gasteiger partial charge in [0, 0.05) is 59.2 Å². The van der Waals surface area contributed by atoms with Gasteiger partial charge < -0.3 is 19.5 Å². The summed E-state index contributed by atoms with van der Waals surface area (Å²) in [5, 5.41) is 2.70. The standard InChI is InChI=1S/C28H26Cl3N3O2/c1-36-25-5-3-2-4-24(25)33-12-14-34(15-13-33)26(35)11-10-21-27-22(31)16-20(30)17-23(27)32-28(21)18-6-8-19(29)9-7-18/h2-9,16-17,32H,10-15H2,1H3. The van der Waals surface area contributed by atoms with Crippen LogP contribution in [0.2, 0.25) is 15.1 Å². The Bertz CT molecular complexity index is 1390. The van der Waals surface area contributed by atoms with Gasteiger partial charge >= 0.3 is 0 Å². The minimum absolute atomic E-state index is 0.135. The number of rotatable bonds is 6. The van der Waals surface area contributed by atoms with Crippen LogP contribution in [-0.4, -0.2) is 49.1 Å². The number of ether oxygens (including phenoxy) is 1. The number of benzene rings is 3. The number of amides is 1. The van der Waals surface area contributed by atoms with Gasteiger partial charge in [0.15, 0.2) is 0 Å². The second-order valence-corrected chi connectivity index (χ2v) is 10.1. The average molecular weight is 543 g/mol. The van der Waals surface area contributed by atoms with Crippen molar-refractivity contribution in [2.24, 2.45) is 0 Å². The smallest absolute Gasteiger partial charge is 0.223 e. The lowest BCUT2D eigenvalue weighted by Gasteiger charge is -2.36. The first-order chi connectivity index (χ1) is 17.4. The minimum Gasteiger partial charge on any atom is -0.495 e. The van der Waals surface area contributed by atoms with Gasteiger partial charge in [-0.25, -0.2) is 0 Å². The summed E-state index contributed by atoms with van der Waals surface area (Å²) >= 11 is 19.0. The maximum Gasteiger partial charge on any atom is 0.223 e. The molecule has 1 N–H and O–H groups in total. The Labute approximate surface area is 225 Å². The molecule has 5 nitrogen and oxygen atoms in total. The molecule has 3 aromatic carbocycles. The number of methoxy groups -OCH3 is 1. The lowest BCUT2D eigenvalue weighted by Crippen LogP contribution is -2.48. The van der Waals surface area contributed by atoms with Crippen molar-refractivity contribution in [1.29, 1.82) is 0 Å². The van der Waals surface area contributed by atoms with Crippen molar-refractivity contribution < 1.29 is 9.53 Å². The first kappa shape index (κ1) is 24.8. The van der Waals surface area contributed by atoms with E-state index < -0.39 is 0 Å². The van der Waals surface area contributed by atoms with Crippen molar-refractivity contribution in [2.75, 3.05) is 38.2 Å².